The van der Waals surface area contributed by atoms with Crippen molar-refractivity contribution in [2.75, 3.05) is 25.5 Å². The summed E-state index contributed by atoms with van der Waals surface area (Å²) in [5.74, 6) is 0.749. The molecular formula is C13H24N4. The number of anilines is 1. The van der Waals surface area contributed by atoms with Crippen LogP contribution in [0.4, 0.5) is 5.69 Å². The van der Waals surface area contributed by atoms with Gasteiger partial charge in [-0.25, -0.2) is 0 Å². The van der Waals surface area contributed by atoms with E-state index < -0.39 is 0 Å². The van der Waals surface area contributed by atoms with Crippen molar-refractivity contribution in [2.45, 2.75) is 39.3 Å². The number of aromatic nitrogens is 2. The highest BCUT2D eigenvalue weighted by molar-refractivity contribution is 5.39. The van der Waals surface area contributed by atoms with Gasteiger partial charge >= 0.3 is 0 Å². The lowest BCUT2D eigenvalue weighted by Crippen LogP contribution is -2.39. The zero-order valence-electron chi connectivity index (χ0n) is 11.2. The second-order valence-electron chi connectivity index (χ2n) is 5.18. The van der Waals surface area contributed by atoms with Gasteiger partial charge in [0.25, 0.3) is 0 Å². The summed E-state index contributed by atoms with van der Waals surface area (Å²) >= 11 is 0. The van der Waals surface area contributed by atoms with E-state index in [-0.39, 0.29) is 0 Å². The lowest BCUT2D eigenvalue weighted by molar-refractivity contribution is 0.197. The molecule has 96 valence electrons. The van der Waals surface area contributed by atoms with Crippen molar-refractivity contribution < 1.29 is 0 Å². The molecule has 4 heteroatoms. The first-order valence-corrected chi connectivity index (χ1v) is 6.66. The Labute approximate surface area is 104 Å². The summed E-state index contributed by atoms with van der Waals surface area (Å²) in [4.78, 5) is 2.43. The predicted molar refractivity (Wildman–Crippen MR) is 71.2 cm³/mol. The normalized spacial score (nSPS) is 23.6. The first-order valence-electron chi connectivity index (χ1n) is 6.66. The van der Waals surface area contributed by atoms with E-state index in [0.29, 0.717) is 6.04 Å². The lowest BCUT2D eigenvalue weighted by Gasteiger charge is -2.34. The fourth-order valence-corrected chi connectivity index (χ4v) is 2.61. The highest BCUT2D eigenvalue weighted by Gasteiger charge is 2.22. The molecule has 0 amide bonds. The van der Waals surface area contributed by atoms with Gasteiger partial charge in [-0.2, -0.15) is 5.10 Å². The Morgan fingerprint density at radius 1 is 1.59 bits per heavy atom. The highest BCUT2D eigenvalue weighted by Crippen LogP contribution is 2.21. The molecule has 2 rings (SSSR count). The Bertz CT molecular complexity index is 347. The van der Waals surface area contributed by atoms with Gasteiger partial charge in [-0.05, 0) is 46.2 Å². The minimum absolute atomic E-state index is 0.521. The van der Waals surface area contributed by atoms with Crippen LogP contribution in [-0.2, 0) is 6.54 Å². The minimum Gasteiger partial charge on any atom is -0.380 e. The smallest absolute Gasteiger partial charge is 0.0728 e. The Hall–Kier alpha value is -1.03. The van der Waals surface area contributed by atoms with Gasteiger partial charge in [0.1, 0.15) is 0 Å². The van der Waals surface area contributed by atoms with Crippen molar-refractivity contribution in [1.82, 2.24) is 14.7 Å². The van der Waals surface area contributed by atoms with Gasteiger partial charge in [-0.15, -0.1) is 0 Å². The van der Waals surface area contributed by atoms with Gasteiger partial charge in [0.2, 0.25) is 0 Å². The summed E-state index contributed by atoms with van der Waals surface area (Å²) in [6, 6.07) is 0.521. The van der Waals surface area contributed by atoms with Crippen LogP contribution in [0.1, 0.15) is 26.7 Å². The number of nitrogens with zero attached hydrogens (tertiary/aromatic N) is 3. The fourth-order valence-electron chi connectivity index (χ4n) is 2.61. The molecule has 1 N–H and O–H groups in total. The molecule has 0 aromatic carbocycles. The molecule has 4 nitrogen and oxygen atoms in total. The first-order chi connectivity index (χ1) is 8.19. The molecule has 0 radical (unpaired) electrons. The topological polar surface area (TPSA) is 33.1 Å². The quantitative estimate of drug-likeness (QED) is 0.868. The molecule has 1 saturated heterocycles. The van der Waals surface area contributed by atoms with Crippen LogP contribution in [0.3, 0.4) is 0 Å². The van der Waals surface area contributed by atoms with Crippen molar-refractivity contribution >= 4 is 5.69 Å². The summed E-state index contributed by atoms with van der Waals surface area (Å²) in [6.07, 6.45) is 6.66. The maximum atomic E-state index is 4.29. The van der Waals surface area contributed by atoms with E-state index in [1.165, 1.54) is 25.9 Å². The van der Waals surface area contributed by atoms with Crippen LogP contribution in [-0.4, -0.2) is 40.9 Å². The van der Waals surface area contributed by atoms with Crippen LogP contribution >= 0.6 is 0 Å². The Morgan fingerprint density at radius 3 is 3.06 bits per heavy atom. The van der Waals surface area contributed by atoms with Crippen molar-refractivity contribution in [3.05, 3.63) is 12.4 Å². The average Bonchev–Trinajstić information content (AvgIpc) is 2.77. The third-order valence-corrected chi connectivity index (χ3v) is 3.72. The third-order valence-electron chi connectivity index (χ3n) is 3.72. The van der Waals surface area contributed by atoms with E-state index in [0.717, 1.165) is 18.2 Å². The van der Waals surface area contributed by atoms with Crippen molar-refractivity contribution in [2.24, 2.45) is 5.92 Å². The number of hydrogen-bond acceptors (Lipinski definition) is 3. The number of rotatable bonds is 4. The van der Waals surface area contributed by atoms with E-state index in [1.54, 1.807) is 0 Å². The van der Waals surface area contributed by atoms with Gasteiger partial charge in [0.05, 0.1) is 11.9 Å². The Balaban J connectivity index is 1.89. The molecule has 1 aromatic heterocycles. The summed E-state index contributed by atoms with van der Waals surface area (Å²) in [7, 11) is 2.22. The molecule has 0 saturated carbocycles. The zero-order valence-corrected chi connectivity index (χ0v) is 11.2. The number of likely N-dealkylation sites (tertiary alicyclic amines) is 1. The van der Waals surface area contributed by atoms with Crippen LogP contribution in [0.25, 0.3) is 0 Å². The van der Waals surface area contributed by atoms with Crippen LogP contribution in [0.5, 0.6) is 0 Å². The highest BCUT2D eigenvalue weighted by atomic mass is 15.3. The molecule has 0 spiro atoms. The molecule has 0 bridgehead atoms. The van der Waals surface area contributed by atoms with Crippen LogP contribution in [0.2, 0.25) is 0 Å². The average molecular weight is 236 g/mol. The Kier molecular flexibility index (Phi) is 4.05. The van der Waals surface area contributed by atoms with Crippen LogP contribution < -0.4 is 5.32 Å². The van der Waals surface area contributed by atoms with E-state index in [1.807, 2.05) is 10.9 Å². The largest absolute Gasteiger partial charge is 0.380 e. The fraction of sp³-hybridized carbons (Fsp3) is 0.769. The lowest BCUT2D eigenvalue weighted by atomic mass is 9.92. The standard InChI is InChI=1S/C13H24N4/c1-4-17-10-13(8-14-17)15-11(2)12-6-5-7-16(3)9-12/h8,10-12,15H,4-7,9H2,1-3H3. The molecular weight excluding hydrogens is 212 g/mol. The maximum absolute atomic E-state index is 4.29. The number of aryl methyl sites for hydroxylation is 1. The van der Waals surface area contributed by atoms with Gasteiger partial charge in [-0.3, -0.25) is 4.68 Å². The molecule has 17 heavy (non-hydrogen) atoms. The molecule has 2 unspecified atom stereocenters. The summed E-state index contributed by atoms with van der Waals surface area (Å²) < 4.78 is 1.96. The van der Waals surface area contributed by atoms with E-state index >= 15 is 0 Å². The molecule has 1 fully saturated rings. The van der Waals surface area contributed by atoms with E-state index in [2.05, 4.69) is 42.4 Å². The van der Waals surface area contributed by atoms with Crippen LogP contribution in [0, 0.1) is 5.92 Å². The minimum atomic E-state index is 0.521. The second-order valence-corrected chi connectivity index (χ2v) is 5.18. The second kappa shape index (κ2) is 5.54. The summed E-state index contributed by atoms with van der Waals surface area (Å²) in [5.41, 5.74) is 1.15. The van der Waals surface area contributed by atoms with Crippen molar-refractivity contribution in [1.29, 1.82) is 0 Å². The third kappa shape index (κ3) is 3.22. The molecule has 1 aliphatic heterocycles. The maximum Gasteiger partial charge on any atom is 0.0728 e. The van der Waals surface area contributed by atoms with Gasteiger partial charge in [-0.1, -0.05) is 0 Å². The molecule has 1 aliphatic rings. The molecule has 0 aliphatic carbocycles. The van der Waals surface area contributed by atoms with E-state index in [4.69, 9.17) is 0 Å². The van der Waals surface area contributed by atoms with Crippen LogP contribution in [0.15, 0.2) is 12.4 Å². The van der Waals surface area contributed by atoms with Gasteiger partial charge in [0.15, 0.2) is 0 Å². The first kappa shape index (κ1) is 12.4. The summed E-state index contributed by atoms with van der Waals surface area (Å²) in [6.45, 7) is 7.78. The number of hydrogen-bond donors (Lipinski definition) is 1. The number of nitrogens with one attached hydrogen (secondary N) is 1. The monoisotopic (exact) mass is 236 g/mol. The molecule has 1 aromatic rings. The van der Waals surface area contributed by atoms with Gasteiger partial charge < -0.3 is 10.2 Å². The molecule has 2 heterocycles. The SMILES string of the molecule is CCn1cc(NC(C)C2CCCN(C)C2)cn1. The molecule has 2 atom stereocenters. The zero-order chi connectivity index (χ0) is 12.3. The van der Waals surface area contributed by atoms with Crippen molar-refractivity contribution in [3.63, 3.8) is 0 Å². The predicted octanol–water partition coefficient (Wildman–Crippen LogP) is 2.05. The van der Waals surface area contributed by atoms with Gasteiger partial charge in [0, 0.05) is 25.3 Å². The number of piperidine rings is 1. The summed E-state index contributed by atoms with van der Waals surface area (Å²) in [5, 5.41) is 7.87. The van der Waals surface area contributed by atoms with E-state index in [9.17, 15) is 0 Å². The van der Waals surface area contributed by atoms with Crippen molar-refractivity contribution in [3.8, 4) is 0 Å². The Morgan fingerprint density at radius 2 is 2.41 bits per heavy atom.